The molecule has 0 saturated carbocycles. The lowest BCUT2D eigenvalue weighted by atomic mass is 10.1. The first kappa shape index (κ1) is 9.71. The van der Waals surface area contributed by atoms with Crippen molar-refractivity contribution < 1.29 is 0 Å². The molecule has 0 amide bonds. The first-order chi connectivity index (χ1) is 7.90. The number of nitrogens with zero attached hydrogens (tertiary/aromatic N) is 1. The third-order valence-corrected chi connectivity index (χ3v) is 3.45. The van der Waals surface area contributed by atoms with Gasteiger partial charge in [0.25, 0.3) is 0 Å². The highest BCUT2D eigenvalue weighted by molar-refractivity contribution is 5.74. The van der Waals surface area contributed by atoms with Crippen LogP contribution in [0.3, 0.4) is 0 Å². The third-order valence-electron chi connectivity index (χ3n) is 3.45. The summed E-state index contributed by atoms with van der Waals surface area (Å²) >= 11 is 0. The van der Waals surface area contributed by atoms with Crippen LogP contribution in [-0.2, 0) is 13.0 Å². The number of hydrogen-bond acceptors (Lipinski definition) is 0. The SMILES string of the molecule is CCCCn1ccc2c1-c1ccccc1C2. The number of aromatic nitrogens is 1. The van der Waals surface area contributed by atoms with Gasteiger partial charge in [-0.1, -0.05) is 37.6 Å². The molecule has 1 aromatic heterocycles. The van der Waals surface area contributed by atoms with E-state index in [1.807, 2.05) is 0 Å². The Bertz CT molecular complexity index is 508. The van der Waals surface area contributed by atoms with Gasteiger partial charge in [-0.3, -0.25) is 0 Å². The molecular formula is C15H17N. The molecule has 2 aromatic rings. The van der Waals surface area contributed by atoms with Crippen molar-refractivity contribution in [2.45, 2.75) is 32.7 Å². The average molecular weight is 211 g/mol. The smallest absolute Gasteiger partial charge is 0.0519 e. The molecule has 0 N–H and O–H groups in total. The van der Waals surface area contributed by atoms with Gasteiger partial charge in [0.2, 0.25) is 0 Å². The molecule has 1 nitrogen and oxygen atoms in total. The van der Waals surface area contributed by atoms with E-state index in [-0.39, 0.29) is 0 Å². The summed E-state index contributed by atoms with van der Waals surface area (Å²) in [6, 6.07) is 11.1. The van der Waals surface area contributed by atoms with Crippen molar-refractivity contribution in [2.75, 3.05) is 0 Å². The van der Waals surface area contributed by atoms with E-state index < -0.39 is 0 Å². The monoisotopic (exact) mass is 211 g/mol. The Morgan fingerprint density at radius 3 is 2.88 bits per heavy atom. The summed E-state index contributed by atoms with van der Waals surface area (Å²) in [5.74, 6) is 0. The molecule has 0 saturated heterocycles. The van der Waals surface area contributed by atoms with Gasteiger partial charge in [-0.25, -0.2) is 0 Å². The zero-order chi connectivity index (χ0) is 11.0. The Balaban J connectivity index is 2.04. The van der Waals surface area contributed by atoms with Crippen LogP contribution in [0, 0.1) is 0 Å². The summed E-state index contributed by atoms with van der Waals surface area (Å²) < 4.78 is 2.42. The molecule has 1 heteroatoms. The first-order valence-corrected chi connectivity index (χ1v) is 6.16. The van der Waals surface area contributed by atoms with E-state index in [0.29, 0.717) is 0 Å². The van der Waals surface area contributed by atoms with Gasteiger partial charge in [0, 0.05) is 24.7 Å². The summed E-state index contributed by atoms with van der Waals surface area (Å²) in [7, 11) is 0. The van der Waals surface area contributed by atoms with E-state index in [1.165, 1.54) is 35.2 Å². The van der Waals surface area contributed by atoms with Crippen LogP contribution in [0.4, 0.5) is 0 Å². The molecule has 1 aromatic carbocycles. The van der Waals surface area contributed by atoms with E-state index in [1.54, 1.807) is 0 Å². The van der Waals surface area contributed by atoms with Crippen molar-refractivity contribution in [1.82, 2.24) is 4.57 Å². The molecule has 0 aliphatic heterocycles. The summed E-state index contributed by atoms with van der Waals surface area (Å²) in [6.07, 6.45) is 5.89. The number of unbranched alkanes of at least 4 members (excludes halogenated alkanes) is 1. The Hall–Kier alpha value is -1.50. The van der Waals surface area contributed by atoms with Gasteiger partial charge in [0.15, 0.2) is 0 Å². The fraction of sp³-hybridized carbons (Fsp3) is 0.333. The second-order valence-electron chi connectivity index (χ2n) is 4.57. The lowest BCUT2D eigenvalue weighted by molar-refractivity contribution is 0.640. The second-order valence-corrected chi connectivity index (χ2v) is 4.57. The van der Waals surface area contributed by atoms with Crippen molar-refractivity contribution in [3.05, 3.63) is 47.7 Å². The van der Waals surface area contributed by atoms with Crippen molar-refractivity contribution in [3.63, 3.8) is 0 Å². The van der Waals surface area contributed by atoms with Gasteiger partial charge in [-0.2, -0.15) is 0 Å². The van der Waals surface area contributed by atoms with E-state index in [4.69, 9.17) is 0 Å². The van der Waals surface area contributed by atoms with E-state index in [0.717, 1.165) is 13.0 Å². The van der Waals surface area contributed by atoms with Crippen LogP contribution in [-0.4, -0.2) is 4.57 Å². The molecule has 1 heterocycles. The standard InChI is InChI=1S/C15H17N/c1-2-3-9-16-10-8-13-11-12-6-4-5-7-14(12)15(13)16/h4-8,10H,2-3,9,11H2,1H3. The Morgan fingerprint density at radius 2 is 2.00 bits per heavy atom. The fourth-order valence-electron chi connectivity index (χ4n) is 2.61. The Labute approximate surface area is 96.7 Å². The number of aryl methyl sites for hydroxylation is 1. The van der Waals surface area contributed by atoms with E-state index >= 15 is 0 Å². The van der Waals surface area contributed by atoms with Gasteiger partial charge in [-0.05, 0) is 23.6 Å². The minimum absolute atomic E-state index is 1.12. The molecule has 16 heavy (non-hydrogen) atoms. The molecule has 0 atom stereocenters. The van der Waals surface area contributed by atoms with Crippen LogP contribution >= 0.6 is 0 Å². The predicted molar refractivity (Wildman–Crippen MR) is 67.6 cm³/mol. The summed E-state index contributed by atoms with van der Waals surface area (Å²) in [4.78, 5) is 0. The highest BCUT2D eigenvalue weighted by atomic mass is 15.0. The van der Waals surface area contributed by atoms with Crippen LogP contribution in [0.5, 0.6) is 0 Å². The molecule has 0 fully saturated rings. The lowest BCUT2D eigenvalue weighted by Gasteiger charge is -2.08. The number of fused-ring (bicyclic) bond motifs is 3. The van der Waals surface area contributed by atoms with Crippen LogP contribution < -0.4 is 0 Å². The first-order valence-electron chi connectivity index (χ1n) is 6.16. The van der Waals surface area contributed by atoms with Gasteiger partial charge < -0.3 is 4.57 Å². The van der Waals surface area contributed by atoms with Gasteiger partial charge in [0.05, 0.1) is 5.69 Å². The molecule has 0 radical (unpaired) electrons. The van der Waals surface area contributed by atoms with Crippen LogP contribution in [0.15, 0.2) is 36.5 Å². The molecule has 1 aliphatic carbocycles. The van der Waals surface area contributed by atoms with Gasteiger partial charge >= 0.3 is 0 Å². The Kier molecular flexibility index (Phi) is 2.32. The van der Waals surface area contributed by atoms with Crippen LogP contribution in [0.25, 0.3) is 11.3 Å². The van der Waals surface area contributed by atoms with Gasteiger partial charge in [0.1, 0.15) is 0 Å². The van der Waals surface area contributed by atoms with Crippen molar-refractivity contribution in [2.24, 2.45) is 0 Å². The molecule has 0 spiro atoms. The number of benzene rings is 1. The quantitative estimate of drug-likeness (QED) is 0.620. The average Bonchev–Trinajstić information content (AvgIpc) is 2.85. The minimum atomic E-state index is 1.12. The number of rotatable bonds is 3. The largest absolute Gasteiger partial charge is 0.347 e. The van der Waals surface area contributed by atoms with Crippen LogP contribution in [0.1, 0.15) is 30.9 Å². The highest BCUT2D eigenvalue weighted by Crippen LogP contribution is 2.37. The second kappa shape index (κ2) is 3.82. The normalized spacial score (nSPS) is 12.6. The van der Waals surface area contributed by atoms with Crippen molar-refractivity contribution in [1.29, 1.82) is 0 Å². The maximum atomic E-state index is 2.42. The lowest BCUT2D eigenvalue weighted by Crippen LogP contribution is -1.97. The highest BCUT2D eigenvalue weighted by Gasteiger charge is 2.20. The van der Waals surface area contributed by atoms with Crippen LogP contribution in [0.2, 0.25) is 0 Å². The van der Waals surface area contributed by atoms with Gasteiger partial charge in [-0.15, -0.1) is 0 Å². The molecular weight excluding hydrogens is 194 g/mol. The van der Waals surface area contributed by atoms with Crippen molar-refractivity contribution >= 4 is 0 Å². The summed E-state index contributed by atoms with van der Waals surface area (Å²) in [6.45, 7) is 3.40. The molecule has 3 rings (SSSR count). The van der Waals surface area contributed by atoms with Crippen molar-refractivity contribution in [3.8, 4) is 11.3 Å². The third kappa shape index (κ3) is 1.39. The number of hydrogen-bond donors (Lipinski definition) is 0. The predicted octanol–water partition coefficient (Wildman–Crippen LogP) is 3.86. The maximum Gasteiger partial charge on any atom is 0.0519 e. The molecule has 0 unspecified atom stereocenters. The summed E-state index contributed by atoms with van der Waals surface area (Å²) in [5, 5.41) is 0. The minimum Gasteiger partial charge on any atom is -0.347 e. The zero-order valence-electron chi connectivity index (χ0n) is 9.74. The molecule has 82 valence electrons. The van der Waals surface area contributed by atoms with E-state index in [2.05, 4.69) is 48.0 Å². The fourth-order valence-corrected chi connectivity index (χ4v) is 2.61. The molecule has 1 aliphatic rings. The summed E-state index contributed by atoms with van der Waals surface area (Å²) in [5.41, 5.74) is 5.89. The Morgan fingerprint density at radius 1 is 1.12 bits per heavy atom. The maximum absolute atomic E-state index is 2.42. The zero-order valence-corrected chi connectivity index (χ0v) is 9.74. The topological polar surface area (TPSA) is 4.93 Å². The molecule has 0 bridgehead atoms. The van der Waals surface area contributed by atoms with E-state index in [9.17, 15) is 0 Å².